The molecule has 2 aromatic heterocycles. The molecule has 1 unspecified atom stereocenters. The molecule has 6 nitrogen and oxygen atoms in total. The molecule has 1 atom stereocenters. The first-order valence-electron chi connectivity index (χ1n) is 10.6. The highest BCUT2D eigenvalue weighted by Gasteiger charge is 2.26. The van der Waals surface area contributed by atoms with E-state index in [0.29, 0.717) is 26.1 Å². The number of hydrogen-bond acceptors (Lipinski definition) is 5. The number of fused-ring (bicyclic) bond motifs is 3. The summed E-state index contributed by atoms with van der Waals surface area (Å²) in [5, 5.41) is 8.55. The molecule has 0 N–H and O–H groups in total. The van der Waals surface area contributed by atoms with E-state index in [4.69, 9.17) is 14.5 Å². The predicted molar refractivity (Wildman–Crippen MR) is 112 cm³/mol. The van der Waals surface area contributed by atoms with Crippen LogP contribution in [0, 0.1) is 5.82 Å². The van der Waals surface area contributed by atoms with Crippen LogP contribution in [0.3, 0.4) is 0 Å². The highest BCUT2D eigenvalue weighted by molar-refractivity contribution is 5.54. The van der Waals surface area contributed by atoms with Crippen molar-refractivity contribution in [2.24, 2.45) is 0 Å². The Balaban J connectivity index is 1.34. The van der Waals surface area contributed by atoms with E-state index in [2.05, 4.69) is 16.3 Å². The van der Waals surface area contributed by atoms with Crippen molar-refractivity contribution in [2.75, 3.05) is 13.2 Å². The van der Waals surface area contributed by atoms with Crippen LogP contribution < -0.4 is 9.47 Å². The van der Waals surface area contributed by atoms with E-state index in [1.807, 2.05) is 28.8 Å². The maximum absolute atomic E-state index is 14.5. The molecule has 2 aliphatic heterocycles. The van der Waals surface area contributed by atoms with Gasteiger partial charge in [-0.1, -0.05) is 18.2 Å². The van der Waals surface area contributed by atoms with Gasteiger partial charge in [-0.05, 0) is 36.6 Å². The molecule has 0 bridgehead atoms. The summed E-state index contributed by atoms with van der Waals surface area (Å²) in [5.74, 6) is 2.51. The van der Waals surface area contributed by atoms with E-state index >= 15 is 0 Å². The number of ether oxygens (including phenoxy) is 2. The van der Waals surface area contributed by atoms with Crippen LogP contribution in [0.4, 0.5) is 4.39 Å². The number of hydrogen-bond donors (Lipinski definition) is 0. The third-order valence-corrected chi connectivity index (χ3v) is 6.31. The molecule has 0 fully saturated rings. The van der Waals surface area contributed by atoms with Gasteiger partial charge in [-0.2, -0.15) is 0 Å². The van der Waals surface area contributed by atoms with Gasteiger partial charge in [0.2, 0.25) is 0 Å². The molecule has 0 spiro atoms. The molecular formula is C24H21FN4O2. The Labute approximate surface area is 178 Å². The highest BCUT2D eigenvalue weighted by atomic mass is 19.1. The van der Waals surface area contributed by atoms with Gasteiger partial charge < -0.3 is 9.47 Å². The van der Waals surface area contributed by atoms with Gasteiger partial charge in [0.05, 0.1) is 13.2 Å². The van der Waals surface area contributed by atoms with Crippen LogP contribution in [0.25, 0.3) is 5.65 Å². The van der Waals surface area contributed by atoms with E-state index in [-0.39, 0.29) is 11.7 Å². The molecule has 31 heavy (non-hydrogen) atoms. The molecule has 2 aromatic carbocycles. The quantitative estimate of drug-likeness (QED) is 0.505. The van der Waals surface area contributed by atoms with Crippen LogP contribution >= 0.6 is 0 Å². The second-order valence-corrected chi connectivity index (χ2v) is 7.98. The number of halogens is 1. The first-order valence-corrected chi connectivity index (χ1v) is 10.6. The number of benzene rings is 2. The Morgan fingerprint density at radius 2 is 1.90 bits per heavy atom. The minimum atomic E-state index is -0.181. The van der Waals surface area contributed by atoms with Gasteiger partial charge in [-0.3, -0.25) is 4.40 Å². The molecule has 6 rings (SSSR count). The fourth-order valence-electron chi connectivity index (χ4n) is 4.80. The monoisotopic (exact) mass is 416 g/mol. The zero-order valence-corrected chi connectivity index (χ0v) is 16.9. The van der Waals surface area contributed by atoms with Gasteiger partial charge in [-0.25, -0.2) is 9.37 Å². The van der Waals surface area contributed by atoms with Crippen molar-refractivity contribution in [3.8, 4) is 11.5 Å². The summed E-state index contributed by atoms with van der Waals surface area (Å²) in [4.78, 5) is 4.75. The Bertz CT molecular complexity index is 1290. The minimum Gasteiger partial charge on any atom is -0.493 e. The number of rotatable bonds is 4. The van der Waals surface area contributed by atoms with Crippen molar-refractivity contribution in [1.29, 1.82) is 0 Å². The highest BCUT2D eigenvalue weighted by Crippen LogP contribution is 2.39. The first kappa shape index (κ1) is 18.3. The Kier molecular flexibility index (Phi) is 4.33. The summed E-state index contributed by atoms with van der Waals surface area (Å²) in [6.45, 7) is 1.27. The smallest absolute Gasteiger partial charge is 0.167 e. The second kappa shape index (κ2) is 7.34. The Hall–Kier alpha value is -3.48. The molecule has 7 heteroatoms. The SMILES string of the molecule is Fc1ccc2c(c1CCc1ncc(C3CCOc4ccccc43)c3nncn13)CCO2. The summed E-state index contributed by atoms with van der Waals surface area (Å²) in [7, 11) is 0. The lowest BCUT2D eigenvalue weighted by Gasteiger charge is -2.26. The summed E-state index contributed by atoms with van der Waals surface area (Å²) < 4.78 is 27.9. The van der Waals surface area contributed by atoms with E-state index < -0.39 is 0 Å². The standard InChI is InChI=1S/C24H21FN4O2/c25-20-6-7-22-18(10-12-31-22)16(20)5-8-23-26-13-19(24-28-27-14-29(23)24)15-9-11-30-21-4-2-1-3-17(15)21/h1-4,6-7,13-15H,5,8-12H2. The molecule has 4 aromatic rings. The summed E-state index contributed by atoms with van der Waals surface area (Å²) >= 11 is 0. The topological polar surface area (TPSA) is 61.5 Å². The van der Waals surface area contributed by atoms with Crippen LogP contribution in [0.2, 0.25) is 0 Å². The van der Waals surface area contributed by atoms with Crippen LogP contribution in [0.5, 0.6) is 11.5 Å². The molecule has 156 valence electrons. The van der Waals surface area contributed by atoms with Gasteiger partial charge in [0.15, 0.2) is 5.65 Å². The van der Waals surface area contributed by atoms with Gasteiger partial charge in [0.25, 0.3) is 0 Å². The number of nitrogens with zero attached hydrogens (tertiary/aromatic N) is 4. The number of aryl methyl sites for hydroxylation is 1. The van der Waals surface area contributed by atoms with Crippen LogP contribution in [-0.4, -0.2) is 32.8 Å². The van der Waals surface area contributed by atoms with Crippen molar-refractivity contribution in [1.82, 2.24) is 19.6 Å². The average molecular weight is 416 g/mol. The Morgan fingerprint density at radius 1 is 1.00 bits per heavy atom. The average Bonchev–Trinajstić information content (AvgIpc) is 3.48. The van der Waals surface area contributed by atoms with Gasteiger partial charge in [0, 0.05) is 41.6 Å². The van der Waals surface area contributed by atoms with Crippen LogP contribution in [-0.2, 0) is 19.3 Å². The van der Waals surface area contributed by atoms with Crippen LogP contribution in [0.1, 0.15) is 40.4 Å². The second-order valence-electron chi connectivity index (χ2n) is 7.98. The van der Waals surface area contributed by atoms with E-state index in [1.165, 1.54) is 6.07 Å². The zero-order chi connectivity index (χ0) is 20.8. The van der Waals surface area contributed by atoms with Gasteiger partial charge in [-0.15, -0.1) is 10.2 Å². The molecular weight excluding hydrogens is 395 g/mol. The summed E-state index contributed by atoms with van der Waals surface area (Å²) in [6.07, 6.45) is 6.36. The maximum atomic E-state index is 14.5. The summed E-state index contributed by atoms with van der Waals surface area (Å²) in [5.41, 5.74) is 4.69. The number of para-hydroxylation sites is 1. The predicted octanol–water partition coefficient (Wildman–Crippen LogP) is 3.90. The van der Waals surface area contributed by atoms with E-state index in [0.717, 1.165) is 58.1 Å². The maximum Gasteiger partial charge on any atom is 0.167 e. The first-order chi connectivity index (χ1) is 15.3. The largest absolute Gasteiger partial charge is 0.493 e. The van der Waals surface area contributed by atoms with E-state index in [9.17, 15) is 4.39 Å². The molecule has 4 heterocycles. The molecule has 0 amide bonds. The lowest BCUT2D eigenvalue weighted by atomic mass is 9.88. The van der Waals surface area contributed by atoms with Crippen molar-refractivity contribution in [2.45, 2.75) is 31.6 Å². The lowest BCUT2D eigenvalue weighted by Crippen LogP contribution is -2.17. The van der Waals surface area contributed by atoms with Crippen LogP contribution in [0.15, 0.2) is 48.9 Å². The Morgan fingerprint density at radius 3 is 2.87 bits per heavy atom. The molecule has 0 aliphatic carbocycles. The van der Waals surface area contributed by atoms with Crippen molar-refractivity contribution in [3.63, 3.8) is 0 Å². The van der Waals surface area contributed by atoms with Crippen molar-refractivity contribution >= 4 is 5.65 Å². The van der Waals surface area contributed by atoms with Crippen molar-refractivity contribution in [3.05, 3.63) is 82.8 Å². The van der Waals surface area contributed by atoms with E-state index in [1.54, 1.807) is 12.4 Å². The molecule has 0 saturated carbocycles. The fourth-order valence-corrected chi connectivity index (χ4v) is 4.80. The third kappa shape index (κ3) is 3.03. The molecule has 2 aliphatic rings. The fraction of sp³-hybridized carbons (Fsp3) is 0.292. The zero-order valence-electron chi connectivity index (χ0n) is 16.9. The molecule has 0 saturated heterocycles. The lowest BCUT2D eigenvalue weighted by molar-refractivity contribution is 0.277. The van der Waals surface area contributed by atoms with Crippen molar-refractivity contribution < 1.29 is 13.9 Å². The molecule has 0 radical (unpaired) electrons. The minimum absolute atomic E-state index is 0.158. The number of aromatic nitrogens is 4. The third-order valence-electron chi connectivity index (χ3n) is 6.31. The normalized spacial score (nSPS) is 17.1. The summed E-state index contributed by atoms with van der Waals surface area (Å²) in [6, 6.07) is 11.3. The van der Waals surface area contributed by atoms with Gasteiger partial charge in [0.1, 0.15) is 29.5 Å². The van der Waals surface area contributed by atoms with Gasteiger partial charge >= 0.3 is 0 Å².